The van der Waals surface area contributed by atoms with Crippen LogP contribution in [0.3, 0.4) is 0 Å². The van der Waals surface area contributed by atoms with Gasteiger partial charge in [0.25, 0.3) is 0 Å². The van der Waals surface area contributed by atoms with Gasteiger partial charge in [0, 0.05) is 31.9 Å². The predicted octanol–water partition coefficient (Wildman–Crippen LogP) is 2.12. The molecule has 0 saturated carbocycles. The highest BCUT2D eigenvalue weighted by atomic mass is 16.3. The Morgan fingerprint density at radius 1 is 1.04 bits per heavy atom. The maximum Gasteiger partial charge on any atom is 0.222 e. The van der Waals surface area contributed by atoms with Gasteiger partial charge in [0.05, 0.1) is 0 Å². The van der Waals surface area contributed by atoms with Gasteiger partial charge in [0.15, 0.2) is 0 Å². The first-order valence-corrected chi connectivity index (χ1v) is 7.79. The molecule has 3 N–H and O–H groups in total. The van der Waals surface area contributed by atoms with Crippen molar-refractivity contribution in [1.82, 2.24) is 15.3 Å². The third-order valence-electron chi connectivity index (χ3n) is 3.33. The zero-order valence-corrected chi connectivity index (χ0v) is 13.0. The third-order valence-corrected chi connectivity index (χ3v) is 3.33. The summed E-state index contributed by atoms with van der Waals surface area (Å²) in [5, 5.41) is 15.2. The van der Waals surface area contributed by atoms with E-state index in [1.54, 1.807) is 30.6 Å². The lowest BCUT2D eigenvalue weighted by Gasteiger charge is -2.06. The Morgan fingerprint density at radius 3 is 2.52 bits per heavy atom. The van der Waals surface area contributed by atoms with Gasteiger partial charge in [0.2, 0.25) is 11.9 Å². The summed E-state index contributed by atoms with van der Waals surface area (Å²) in [5.74, 6) is 0.938. The number of carbonyl (C=O) groups excluding carboxylic acids is 1. The lowest BCUT2D eigenvalue weighted by atomic mass is 10.1. The number of aromatic nitrogens is 2. The molecule has 0 aliphatic heterocycles. The molecule has 0 radical (unpaired) electrons. The van der Waals surface area contributed by atoms with Gasteiger partial charge in [-0.05, 0) is 43.0 Å². The van der Waals surface area contributed by atoms with Gasteiger partial charge in [-0.25, -0.2) is 9.97 Å². The number of rotatable bonds is 9. The van der Waals surface area contributed by atoms with Crippen molar-refractivity contribution in [3.63, 3.8) is 0 Å². The van der Waals surface area contributed by atoms with Crippen LogP contribution < -0.4 is 10.6 Å². The number of benzene rings is 1. The van der Waals surface area contributed by atoms with Crippen molar-refractivity contribution in [3.05, 3.63) is 48.3 Å². The normalized spacial score (nSPS) is 10.3. The Labute approximate surface area is 136 Å². The maximum atomic E-state index is 11.7. The monoisotopic (exact) mass is 314 g/mol. The smallest absolute Gasteiger partial charge is 0.222 e. The number of nitrogens with one attached hydrogen (secondary N) is 2. The first-order valence-electron chi connectivity index (χ1n) is 7.79. The van der Waals surface area contributed by atoms with E-state index in [0.717, 1.165) is 31.4 Å². The topological polar surface area (TPSA) is 87.1 Å². The Bertz CT molecular complexity index is 587. The highest BCUT2D eigenvalue weighted by Crippen LogP contribution is 2.11. The molecule has 0 spiro atoms. The van der Waals surface area contributed by atoms with Crippen molar-refractivity contribution in [1.29, 1.82) is 0 Å². The highest BCUT2D eigenvalue weighted by molar-refractivity contribution is 5.75. The number of phenolic OH excluding ortho intramolecular Hbond substituents is 1. The molecule has 1 amide bonds. The molecule has 23 heavy (non-hydrogen) atoms. The molecule has 6 heteroatoms. The first kappa shape index (κ1) is 16.7. The first-order chi connectivity index (χ1) is 11.2. The summed E-state index contributed by atoms with van der Waals surface area (Å²) in [7, 11) is 0. The third kappa shape index (κ3) is 6.78. The molecule has 0 unspecified atom stereocenters. The zero-order chi connectivity index (χ0) is 16.3. The van der Waals surface area contributed by atoms with Crippen LogP contribution in [0.4, 0.5) is 5.95 Å². The molecule has 2 rings (SSSR count). The van der Waals surface area contributed by atoms with Crippen molar-refractivity contribution in [2.45, 2.75) is 25.7 Å². The van der Waals surface area contributed by atoms with Gasteiger partial charge in [-0.2, -0.15) is 0 Å². The summed E-state index contributed by atoms with van der Waals surface area (Å²) in [5.41, 5.74) is 1.13. The molecule has 1 aromatic carbocycles. The second-order valence-corrected chi connectivity index (χ2v) is 5.22. The SMILES string of the molecule is O=C(CCCc1ccc(O)cc1)NCCCNc1ncccn1. The van der Waals surface area contributed by atoms with Crippen molar-refractivity contribution in [3.8, 4) is 5.75 Å². The molecular formula is C17H22N4O2. The second kappa shape index (κ2) is 9.40. The fraction of sp³-hybridized carbons (Fsp3) is 0.353. The fourth-order valence-corrected chi connectivity index (χ4v) is 2.11. The molecule has 2 aromatic rings. The average Bonchev–Trinajstić information content (AvgIpc) is 2.57. The Balaban J connectivity index is 1.51. The summed E-state index contributed by atoms with van der Waals surface area (Å²) in [6.07, 6.45) is 6.34. The van der Waals surface area contributed by atoms with Gasteiger partial charge >= 0.3 is 0 Å². The van der Waals surface area contributed by atoms with Gasteiger partial charge in [0.1, 0.15) is 5.75 Å². The molecule has 0 saturated heterocycles. The molecule has 0 bridgehead atoms. The van der Waals surface area contributed by atoms with Crippen LogP contribution in [-0.2, 0) is 11.2 Å². The van der Waals surface area contributed by atoms with Gasteiger partial charge in [-0.3, -0.25) is 4.79 Å². The molecule has 0 atom stereocenters. The van der Waals surface area contributed by atoms with Crippen molar-refractivity contribution in [2.75, 3.05) is 18.4 Å². The van der Waals surface area contributed by atoms with E-state index in [1.165, 1.54) is 0 Å². The number of aryl methyl sites for hydroxylation is 1. The lowest BCUT2D eigenvalue weighted by molar-refractivity contribution is -0.121. The number of amides is 1. The molecule has 1 heterocycles. The number of hydrogen-bond acceptors (Lipinski definition) is 5. The van der Waals surface area contributed by atoms with E-state index in [2.05, 4.69) is 20.6 Å². The molecule has 0 aliphatic rings. The quantitative estimate of drug-likeness (QED) is 0.617. The van der Waals surface area contributed by atoms with E-state index in [-0.39, 0.29) is 11.7 Å². The molecular weight excluding hydrogens is 292 g/mol. The number of hydrogen-bond donors (Lipinski definition) is 3. The van der Waals surface area contributed by atoms with Gasteiger partial charge < -0.3 is 15.7 Å². The number of aromatic hydroxyl groups is 1. The molecule has 122 valence electrons. The van der Waals surface area contributed by atoms with E-state index >= 15 is 0 Å². The van der Waals surface area contributed by atoms with Crippen LogP contribution in [-0.4, -0.2) is 34.1 Å². The van der Waals surface area contributed by atoms with Crippen molar-refractivity contribution < 1.29 is 9.90 Å². The summed E-state index contributed by atoms with van der Waals surface area (Å²) in [6.45, 7) is 1.36. The zero-order valence-electron chi connectivity index (χ0n) is 13.0. The summed E-state index contributed by atoms with van der Waals surface area (Å²) < 4.78 is 0. The van der Waals surface area contributed by atoms with E-state index in [4.69, 9.17) is 0 Å². The van der Waals surface area contributed by atoms with Crippen LogP contribution in [0.15, 0.2) is 42.7 Å². The lowest BCUT2D eigenvalue weighted by Crippen LogP contribution is -2.25. The molecule has 6 nitrogen and oxygen atoms in total. The Hall–Kier alpha value is -2.63. The van der Waals surface area contributed by atoms with E-state index in [9.17, 15) is 9.90 Å². The highest BCUT2D eigenvalue weighted by Gasteiger charge is 2.01. The molecule has 0 aliphatic carbocycles. The Kier molecular flexibility index (Phi) is 6.84. The average molecular weight is 314 g/mol. The van der Waals surface area contributed by atoms with Crippen molar-refractivity contribution >= 4 is 11.9 Å². The fourth-order valence-electron chi connectivity index (χ4n) is 2.11. The Morgan fingerprint density at radius 2 is 1.78 bits per heavy atom. The van der Waals surface area contributed by atoms with E-state index in [1.807, 2.05) is 12.1 Å². The minimum Gasteiger partial charge on any atom is -0.508 e. The number of carbonyl (C=O) groups is 1. The minimum absolute atomic E-state index is 0.0692. The largest absolute Gasteiger partial charge is 0.508 e. The summed E-state index contributed by atoms with van der Waals surface area (Å²) >= 11 is 0. The summed E-state index contributed by atoms with van der Waals surface area (Å²) in [4.78, 5) is 19.8. The molecule has 1 aromatic heterocycles. The minimum atomic E-state index is 0.0692. The van der Waals surface area contributed by atoms with Gasteiger partial charge in [-0.15, -0.1) is 0 Å². The van der Waals surface area contributed by atoms with Gasteiger partial charge in [-0.1, -0.05) is 12.1 Å². The van der Waals surface area contributed by atoms with Crippen LogP contribution in [0.5, 0.6) is 5.75 Å². The number of nitrogens with zero attached hydrogens (tertiary/aromatic N) is 2. The summed E-state index contributed by atoms with van der Waals surface area (Å²) in [6, 6.07) is 8.86. The number of anilines is 1. The second-order valence-electron chi connectivity index (χ2n) is 5.22. The van der Waals surface area contributed by atoms with E-state index < -0.39 is 0 Å². The van der Waals surface area contributed by atoms with Crippen LogP contribution in [0.25, 0.3) is 0 Å². The van der Waals surface area contributed by atoms with Crippen LogP contribution in [0, 0.1) is 0 Å². The number of phenols is 1. The van der Waals surface area contributed by atoms with Crippen LogP contribution in [0.2, 0.25) is 0 Å². The van der Waals surface area contributed by atoms with E-state index in [0.29, 0.717) is 18.9 Å². The predicted molar refractivity (Wildman–Crippen MR) is 89.2 cm³/mol. The maximum absolute atomic E-state index is 11.7. The molecule has 0 fully saturated rings. The standard InChI is InChI=1S/C17H22N4O2/c22-15-8-6-14(7-9-15)4-1-5-16(23)18-10-2-11-19-17-20-12-3-13-21-17/h3,6-9,12-13,22H,1-2,4-5,10-11H2,(H,18,23)(H,19,20,21). The van der Waals surface area contributed by atoms with Crippen LogP contribution in [0.1, 0.15) is 24.8 Å². The van der Waals surface area contributed by atoms with Crippen molar-refractivity contribution in [2.24, 2.45) is 0 Å². The van der Waals surface area contributed by atoms with Crippen LogP contribution >= 0.6 is 0 Å².